The lowest BCUT2D eigenvalue weighted by molar-refractivity contribution is 0.1000. The molecule has 4 heteroatoms. The molecule has 0 aromatic carbocycles. The number of pyridine rings is 1. The molecule has 0 atom stereocenters. The molecule has 13 heavy (non-hydrogen) atoms. The van der Waals surface area contributed by atoms with Crippen molar-refractivity contribution >= 4 is 11.7 Å². The third kappa shape index (κ3) is 1.47. The predicted octanol–water partition coefficient (Wildman–Crippen LogP) is 0.688. The zero-order chi connectivity index (χ0) is 10.2. The predicted molar refractivity (Wildman–Crippen MR) is 51.4 cm³/mol. The van der Waals surface area contributed by atoms with Crippen molar-refractivity contribution in [3.05, 3.63) is 22.4 Å². The minimum absolute atomic E-state index is 0.216. The number of aryl methyl sites for hydroxylation is 1. The lowest BCUT2D eigenvalue weighted by Crippen LogP contribution is -2.17. The minimum Gasteiger partial charge on any atom is -0.383 e. The molecule has 0 bridgehead atoms. The van der Waals surface area contributed by atoms with Crippen LogP contribution in [0.1, 0.15) is 27.2 Å². The Morgan fingerprint density at radius 3 is 2.23 bits per heavy atom. The van der Waals surface area contributed by atoms with Gasteiger partial charge >= 0.3 is 0 Å². The molecular weight excluding hydrogens is 166 g/mol. The van der Waals surface area contributed by atoms with E-state index in [1.165, 1.54) is 0 Å². The number of hydrogen-bond donors (Lipinski definition) is 2. The van der Waals surface area contributed by atoms with E-state index in [2.05, 4.69) is 4.98 Å². The summed E-state index contributed by atoms with van der Waals surface area (Å²) in [6.07, 6.45) is 0. The highest BCUT2D eigenvalue weighted by Gasteiger charge is 2.14. The lowest BCUT2D eigenvalue weighted by atomic mass is 10.0. The molecule has 0 aliphatic carbocycles. The van der Waals surface area contributed by atoms with Crippen molar-refractivity contribution in [3.8, 4) is 0 Å². The summed E-state index contributed by atoms with van der Waals surface area (Å²) in [6, 6.07) is 0. The molecule has 1 aromatic rings. The van der Waals surface area contributed by atoms with Gasteiger partial charge in [-0.25, -0.2) is 4.98 Å². The Kier molecular flexibility index (Phi) is 2.23. The largest absolute Gasteiger partial charge is 0.383 e. The SMILES string of the molecule is Cc1nc(N)c(C(N)=O)c(C)c1C. The van der Waals surface area contributed by atoms with E-state index < -0.39 is 5.91 Å². The number of aromatic nitrogens is 1. The highest BCUT2D eigenvalue weighted by Crippen LogP contribution is 2.19. The molecular formula is C9H13N3O. The van der Waals surface area contributed by atoms with Crippen molar-refractivity contribution in [1.29, 1.82) is 0 Å². The fraction of sp³-hybridized carbons (Fsp3) is 0.333. The van der Waals surface area contributed by atoms with Crippen molar-refractivity contribution in [2.75, 3.05) is 5.73 Å². The van der Waals surface area contributed by atoms with E-state index in [9.17, 15) is 4.79 Å². The summed E-state index contributed by atoms with van der Waals surface area (Å²) in [5.41, 5.74) is 13.7. The Bertz CT molecular complexity index is 372. The number of nitrogens with zero attached hydrogens (tertiary/aromatic N) is 1. The number of hydrogen-bond acceptors (Lipinski definition) is 3. The molecule has 1 rings (SSSR count). The van der Waals surface area contributed by atoms with Crippen molar-refractivity contribution in [3.63, 3.8) is 0 Å². The number of amides is 1. The van der Waals surface area contributed by atoms with Crippen molar-refractivity contribution in [1.82, 2.24) is 4.98 Å². The van der Waals surface area contributed by atoms with Crippen molar-refractivity contribution in [2.45, 2.75) is 20.8 Å². The van der Waals surface area contributed by atoms with E-state index in [4.69, 9.17) is 11.5 Å². The van der Waals surface area contributed by atoms with Gasteiger partial charge in [0.25, 0.3) is 5.91 Å². The van der Waals surface area contributed by atoms with Gasteiger partial charge in [-0.2, -0.15) is 0 Å². The minimum atomic E-state index is -0.523. The number of nitrogens with two attached hydrogens (primary N) is 2. The van der Waals surface area contributed by atoms with Crippen LogP contribution < -0.4 is 11.5 Å². The van der Waals surface area contributed by atoms with E-state index in [0.717, 1.165) is 16.8 Å². The van der Waals surface area contributed by atoms with Gasteiger partial charge in [-0.1, -0.05) is 0 Å². The molecule has 0 fully saturated rings. The molecule has 1 heterocycles. The number of rotatable bonds is 1. The van der Waals surface area contributed by atoms with Crippen LogP contribution in [-0.2, 0) is 0 Å². The second kappa shape index (κ2) is 3.05. The first kappa shape index (κ1) is 9.51. The molecule has 4 nitrogen and oxygen atoms in total. The zero-order valence-electron chi connectivity index (χ0n) is 8.01. The summed E-state index contributed by atoms with van der Waals surface area (Å²) in [5, 5.41) is 0. The number of primary amides is 1. The monoisotopic (exact) mass is 179 g/mol. The number of nitrogen functional groups attached to an aromatic ring is 1. The van der Waals surface area contributed by atoms with E-state index in [-0.39, 0.29) is 5.82 Å². The highest BCUT2D eigenvalue weighted by molar-refractivity contribution is 5.98. The number of carbonyl (C=O) groups excluding carboxylic acids is 1. The maximum absolute atomic E-state index is 11.0. The molecule has 0 aliphatic rings. The molecule has 0 aliphatic heterocycles. The van der Waals surface area contributed by atoms with Gasteiger partial charge < -0.3 is 11.5 Å². The number of carbonyl (C=O) groups is 1. The van der Waals surface area contributed by atoms with Crippen LogP contribution in [0.15, 0.2) is 0 Å². The van der Waals surface area contributed by atoms with Crippen LogP contribution in [0.25, 0.3) is 0 Å². The molecule has 0 saturated carbocycles. The maximum atomic E-state index is 11.0. The van der Waals surface area contributed by atoms with Gasteiger partial charge in [-0.05, 0) is 31.9 Å². The summed E-state index contributed by atoms with van der Waals surface area (Å²) in [5.74, 6) is -0.307. The van der Waals surface area contributed by atoms with Gasteiger partial charge in [0.1, 0.15) is 5.82 Å². The normalized spacial score (nSPS) is 10.1. The quantitative estimate of drug-likeness (QED) is 0.665. The lowest BCUT2D eigenvalue weighted by Gasteiger charge is -2.10. The van der Waals surface area contributed by atoms with E-state index in [0.29, 0.717) is 5.56 Å². The van der Waals surface area contributed by atoms with Gasteiger partial charge in [-0.15, -0.1) is 0 Å². The molecule has 0 radical (unpaired) electrons. The van der Waals surface area contributed by atoms with Crippen LogP contribution in [0.4, 0.5) is 5.82 Å². The third-order valence-corrected chi connectivity index (χ3v) is 2.27. The summed E-state index contributed by atoms with van der Waals surface area (Å²) in [6.45, 7) is 5.56. The standard InChI is InChI=1S/C9H13N3O/c1-4-5(2)7(9(11)13)8(10)12-6(4)3/h1-3H3,(H2,10,12)(H2,11,13). The van der Waals surface area contributed by atoms with Gasteiger partial charge in [0, 0.05) is 5.69 Å². The number of anilines is 1. The average molecular weight is 179 g/mol. The molecule has 70 valence electrons. The highest BCUT2D eigenvalue weighted by atomic mass is 16.1. The Morgan fingerprint density at radius 2 is 1.77 bits per heavy atom. The second-order valence-corrected chi connectivity index (χ2v) is 3.07. The smallest absolute Gasteiger partial charge is 0.252 e. The first-order valence-corrected chi connectivity index (χ1v) is 3.98. The average Bonchev–Trinajstić information content (AvgIpc) is 1.99. The summed E-state index contributed by atoms with van der Waals surface area (Å²) in [7, 11) is 0. The van der Waals surface area contributed by atoms with Crippen LogP contribution in [0, 0.1) is 20.8 Å². The fourth-order valence-electron chi connectivity index (χ4n) is 1.28. The first-order chi connectivity index (χ1) is 5.95. The van der Waals surface area contributed by atoms with Crippen LogP contribution in [0.5, 0.6) is 0 Å². The van der Waals surface area contributed by atoms with E-state index in [1.54, 1.807) is 0 Å². The van der Waals surface area contributed by atoms with E-state index in [1.807, 2.05) is 20.8 Å². The molecule has 4 N–H and O–H groups in total. The molecule has 1 amide bonds. The second-order valence-electron chi connectivity index (χ2n) is 3.07. The fourth-order valence-corrected chi connectivity index (χ4v) is 1.28. The van der Waals surface area contributed by atoms with E-state index >= 15 is 0 Å². The van der Waals surface area contributed by atoms with Crippen molar-refractivity contribution < 1.29 is 4.79 Å². The molecule has 0 unspecified atom stereocenters. The van der Waals surface area contributed by atoms with Gasteiger partial charge in [0.05, 0.1) is 5.56 Å². The zero-order valence-corrected chi connectivity index (χ0v) is 8.01. The molecule has 1 aromatic heterocycles. The molecule has 0 saturated heterocycles. The Hall–Kier alpha value is -1.58. The Labute approximate surface area is 77.0 Å². The van der Waals surface area contributed by atoms with Crippen molar-refractivity contribution in [2.24, 2.45) is 5.73 Å². The maximum Gasteiger partial charge on any atom is 0.252 e. The summed E-state index contributed by atoms with van der Waals surface area (Å²) >= 11 is 0. The summed E-state index contributed by atoms with van der Waals surface area (Å²) < 4.78 is 0. The molecule has 0 spiro atoms. The Morgan fingerprint density at radius 1 is 1.23 bits per heavy atom. The van der Waals surface area contributed by atoms with Gasteiger partial charge in [0.15, 0.2) is 0 Å². The third-order valence-electron chi connectivity index (χ3n) is 2.27. The topological polar surface area (TPSA) is 82.0 Å². The van der Waals surface area contributed by atoms with Crippen LogP contribution in [0.3, 0.4) is 0 Å². The first-order valence-electron chi connectivity index (χ1n) is 3.98. The van der Waals surface area contributed by atoms with Gasteiger partial charge in [0.2, 0.25) is 0 Å². The van der Waals surface area contributed by atoms with Gasteiger partial charge in [-0.3, -0.25) is 4.79 Å². The van der Waals surface area contributed by atoms with Crippen LogP contribution >= 0.6 is 0 Å². The Balaban J connectivity index is 3.53. The summed E-state index contributed by atoms with van der Waals surface area (Å²) in [4.78, 5) is 15.0. The van der Waals surface area contributed by atoms with Crippen LogP contribution in [0.2, 0.25) is 0 Å². The van der Waals surface area contributed by atoms with Crippen LogP contribution in [-0.4, -0.2) is 10.9 Å².